The maximum absolute atomic E-state index is 11.5. The van der Waals surface area contributed by atoms with Crippen LogP contribution in [0.25, 0.3) is 0 Å². The Labute approximate surface area is 92.7 Å². The normalized spacial score (nSPS) is 25.3. The van der Waals surface area contributed by atoms with E-state index in [-0.39, 0.29) is 11.6 Å². The summed E-state index contributed by atoms with van der Waals surface area (Å²) in [5, 5.41) is 0. The lowest BCUT2D eigenvalue weighted by molar-refractivity contribution is -0.148. The molecule has 1 unspecified atom stereocenters. The Morgan fingerprint density at radius 3 is 2.67 bits per heavy atom. The Bertz CT molecular complexity index is 258. The van der Waals surface area contributed by atoms with Gasteiger partial charge in [0.1, 0.15) is 5.60 Å². The van der Waals surface area contributed by atoms with Crippen LogP contribution >= 0.6 is 0 Å². The lowest BCUT2D eigenvalue weighted by Gasteiger charge is -2.22. The third kappa shape index (κ3) is 5.01. The first-order valence-electron chi connectivity index (χ1n) is 5.79. The van der Waals surface area contributed by atoms with Crippen molar-refractivity contribution in [3.63, 3.8) is 0 Å². The maximum Gasteiger partial charge on any atom is 0.331 e. The minimum absolute atomic E-state index is 0.188. The molecule has 0 N–H and O–H groups in total. The number of rotatable bonds is 1. The van der Waals surface area contributed by atoms with E-state index in [2.05, 4.69) is 6.92 Å². The van der Waals surface area contributed by atoms with Crippen LogP contribution < -0.4 is 0 Å². The van der Waals surface area contributed by atoms with Gasteiger partial charge in [-0.2, -0.15) is 0 Å². The molecule has 0 radical (unpaired) electrons. The fourth-order valence-electron chi connectivity index (χ4n) is 1.96. The summed E-state index contributed by atoms with van der Waals surface area (Å²) in [7, 11) is 0. The Morgan fingerprint density at radius 1 is 1.47 bits per heavy atom. The fourth-order valence-corrected chi connectivity index (χ4v) is 1.96. The molecule has 0 aromatic heterocycles. The van der Waals surface area contributed by atoms with E-state index in [0.717, 1.165) is 12.8 Å². The molecule has 86 valence electrons. The summed E-state index contributed by atoms with van der Waals surface area (Å²) >= 11 is 0. The molecular weight excluding hydrogens is 188 g/mol. The van der Waals surface area contributed by atoms with Gasteiger partial charge in [-0.25, -0.2) is 4.79 Å². The standard InChI is InChI=1S/C13H22O2/c1-10-6-5-7-11(8-10)9-12(14)15-13(2,3)4/h9-10H,5-8H2,1-4H3/b11-9-. The second-order valence-electron chi connectivity index (χ2n) is 5.54. The van der Waals surface area contributed by atoms with Crippen molar-refractivity contribution in [1.82, 2.24) is 0 Å². The maximum atomic E-state index is 11.5. The number of hydrogen-bond acceptors (Lipinski definition) is 2. The molecule has 1 saturated carbocycles. The molecule has 1 aliphatic carbocycles. The topological polar surface area (TPSA) is 26.3 Å². The predicted octanol–water partition coefficient (Wildman–Crippen LogP) is 3.46. The molecule has 1 rings (SSSR count). The number of carbonyl (C=O) groups is 1. The highest BCUT2D eigenvalue weighted by Gasteiger charge is 2.17. The number of esters is 1. The zero-order valence-electron chi connectivity index (χ0n) is 10.3. The van der Waals surface area contributed by atoms with Gasteiger partial charge < -0.3 is 4.74 Å². The summed E-state index contributed by atoms with van der Waals surface area (Å²) in [6.45, 7) is 7.93. The highest BCUT2D eigenvalue weighted by Crippen LogP contribution is 2.27. The first-order chi connectivity index (χ1) is 6.87. The molecule has 0 aliphatic heterocycles. The molecule has 2 heteroatoms. The lowest BCUT2D eigenvalue weighted by Crippen LogP contribution is -2.23. The molecule has 0 amide bonds. The van der Waals surface area contributed by atoms with E-state index < -0.39 is 0 Å². The van der Waals surface area contributed by atoms with E-state index in [0.29, 0.717) is 5.92 Å². The zero-order chi connectivity index (χ0) is 11.5. The third-order valence-corrected chi connectivity index (χ3v) is 2.53. The van der Waals surface area contributed by atoms with E-state index >= 15 is 0 Å². The fraction of sp³-hybridized carbons (Fsp3) is 0.769. The highest BCUT2D eigenvalue weighted by molar-refractivity contribution is 5.83. The third-order valence-electron chi connectivity index (χ3n) is 2.53. The van der Waals surface area contributed by atoms with Gasteiger partial charge in [-0.05, 0) is 46.0 Å². The van der Waals surface area contributed by atoms with Crippen LogP contribution in [0.5, 0.6) is 0 Å². The second kappa shape index (κ2) is 4.82. The van der Waals surface area contributed by atoms with Crippen LogP contribution in [0, 0.1) is 5.92 Å². The van der Waals surface area contributed by atoms with Crippen molar-refractivity contribution in [2.75, 3.05) is 0 Å². The average Bonchev–Trinajstić information content (AvgIpc) is 1.99. The summed E-state index contributed by atoms with van der Waals surface area (Å²) in [4.78, 5) is 11.5. The largest absolute Gasteiger partial charge is 0.457 e. The summed E-state index contributed by atoms with van der Waals surface area (Å²) in [6.07, 6.45) is 6.30. The molecule has 0 heterocycles. The van der Waals surface area contributed by atoms with Crippen LogP contribution in [0.15, 0.2) is 11.6 Å². The Balaban J connectivity index is 2.51. The monoisotopic (exact) mass is 210 g/mol. The van der Waals surface area contributed by atoms with Crippen LogP contribution in [-0.4, -0.2) is 11.6 Å². The molecule has 0 bridgehead atoms. The average molecular weight is 210 g/mol. The van der Waals surface area contributed by atoms with E-state index in [1.807, 2.05) is 20.8 Å². The van der Waals surface area contributed by atoms with Crippen LogP contribution in [-0.2, 0) is 9.53 Å². The van der Waals surface area contributed by atoms with Gasteiger partial charge in [0, 0.05) is 6.08 Å². The second-order valence-corrected chi connectivity index (χ2v) is 5.54. The first-order valence-corrected chi connectivity index (χ1v) is 5.79. The molecule has 0 aromatic carbocycles. The Hall–Kier alpha value is -0.790. The van der Waals surface area contributed by atoms with Gasteiger partial charge in [0.05, 0.1) is 0 Å². The van der Waals surface area contributed by atoms with Crippen LogP contribution in [0.4, 0.5) is 0 Å². The lowest BCUT2D eigenvalue weighted by atomic mass is 9.87. The minimum Gasteiger partial charge on any atom is -0.457 e. The highest BCUT2D eigenvalue weighted by atomic mass is 16.6. The van der Waals surface area contributed by atoms with Gasteiger partial charge in [0.15, 0.2) is 0 Å². The Morgan fingerprint density at radius 2 is 2.13 bits per heavy atom. The van der Waals surface area contributed by atoms with Gasteiger partial charge in [-0.15, -0.1) is 0 Å². The zero-order valence-corrected chi connectivity index (χ0v) is 10.3. The van der Waals surface area contributed by atoms with Crippen molar-refractivity contribution in [2.45, 2.75) is 59.0 Å². The first kappa shape index (κ1) is 12.3. The number of carbonyl (C=O) groups excluding carboxylic acids is 1. The minimum atomic E-state index is -0.381. The van der Waals surface area contributed by atoms with E-state index in [9.17, 15) is 4.79 Å². The number of allylic oxidation sites excluding steroid dienone is 1. The van der Waals surface area contributed by atoms with E-state index in [4.69, 9.17) is 4.74 Å². The molecule has 0 aromatic rings. The van der Waals surface area contributed by atoms with E-state index in [1.165, 1.54) is 18.4 Å². The molecular formula is C13H22O2. The Kier molecular flexibility index (Phi) is 3.95. The molecule has 0 spiro atoms. The molecule has 1 atom stereocenters. The van der Waals surface area contributed by atoms with Gasteiger partial charge in [-0.1, -0.05) is 18.9 Å². The van der Waals surface area contributed by atoms with Crippen LogP contribution in [0.3, 0.4) is 0 Å². The van der Waals surface area contributed by atoms with Crippen molar-refractivity contribution in [3.8, 4) is 0 Å². The molecule has 1 aliphatic rings. The number of hydrogen-bond donors (Lipinski definition) is 0. The summed E-state index contributed by atoms with van der Waals surface area (Å²) in [5.41, 5.74) is 0.872. The quantitative estimate of drug-likeness (QED) is 0.489. The summed E-state index contributed by atoms with van der Waals surface area (Å²) < 4.78 is 5.26. The van der Waals surface area contributed by atoms with E-state index in [1.54, 1.807) is 6.08 Å². The smallest absolute Gasteiger partial charge is 0.331 e. The SMILES string of the molecule is CC1CCC/C(=C/C(=O)OC(C)(C)C)C1. The van der Waals surface area contributed by atoms with Gasteiger partial charge >= 0.3 is 5.97 Å². The van der Waals surface area contributed by atoms with Crippen LogP contribution in [0.1, 0.15) is 53.4 Å². The summed E-state index contributed by atoms with van der Waals surface area (Å²) in [5.74, 6) is 0.527. The summed E-state index contributed by atoms with van der Waals surface area (Å²) in [6, 6.07) is 0. The molecule has 0 saturated heterocycles. The van der Waals surface area contributed by atoms with Crippen molar-refractivity contribution >= 4 is 5.97 Å². The molecule has 2 nitrogen and oxygen atoms in total. The van der Waals surface area contributed by atoms with Crippen molar-refractivity contribution in [2.24, 2.45) is 5.92 Å². The molecule has 1 fully saturated rings. The van der Waals surface area contributed by atoms with Crippen LogP contribution in [0.2, 0.25) is 0 Å². The van der Waals surface area contributed by atoms with Gasteiger partial charge in [-0.3, -0.25) is 0 Å². The van der Waals surface area contributed by atoms with Crippen molar-refractivity contribution in [3.05, 3.63) is 11.6 Å². The molecule has 15 heavy (non-hydrogen) atoms. The number of ether oxygens (including phenoxy) is 1. The van der Waals surface area contributed by atoms with Crippen molar-refractivity contribution < 1.29 is 9.53 Å². The van der Waals surface area contributed by atoms with Gasteiger partial charge in [0.2, 0.25) is 0 Å². The van der Waals surface area contributed by atoms with Crippen molar-refractivity contribution in [1.29, 1.82) is 0 Å². The predicted molar refractivity (Wildman–Crippen MR) is 61.6 cm³/mol. The van der Waals surface area contributed by atoms with Gasteiger partial charge in [0.25, 0.3) is 0 Å².